The molecule has 200 valence electrons. The third-order valence-corrected chi connectivity index (χ3v) is 6.70. The van der Waals surface area contributed by atoms with E-state index >= 15 is 0 Å². The molecule has 1 aliphatic rings. The molecule has 3 rings (SSSR count). The lowest BCUT2D eigenvalue weighted by atomic mass is 9.79. The second kappa shape index (κ2) is 11.1. The average molecular weight is 518 g/mol. The Morgan fingerprint density at radius 3 is 2.56 bits per heavy atom. The van der Waals surface area contributed by atoms with Crippen LogP contribution in [-0.4, -0.2) is 45.7 Å². The van der Waals surface area contributed by atoms with E-state index in [4.69, 9.17) is 0 Å². The molecule has 0 spiro atoms. The number of carbonyl (C=O) groups excluding carboxylic acids is 1. The molecule has 1 amide bonds. The number of nitrogens with zero attached hydrogens (tertiary/aromatic N) is 2. The Labute approximate surface area is 206 Å². The number of hydrogen-bond donors (Lipinski definition) is 2. The molecule has 0 radical (unpaired) electrons. The van der Waals surface area contributed by atoms with Crippen LogP contribution in [0.1, 0.15) is 67.6 Å². The molecule has 1 aromatic heterocycles. The summed E-state index contributed by atoms with van der Waals surface area (Å²) >= 11 is 0. The van der Waals surface area contributed by atoms with Crippen molar-refractivity contribution in [2.75, 3.05) is 6.54 Å². The van der Waals surface area contributed by atoms with Crippen LogP contribution in [-0.2, 0) is 13.0 Å². The monoisotopic (exact) mass is 517 g/mol. The zero-order valence-electron chi connectivity index (χ0n) is 20.6. The predicted molar refractivity (Wildman–Crippen MR) is 124 cm³/mol. The molecule has 2 aromatic rings. The summed E-state index contributed by atoms with van der Waals surface area (Å²) in [5.74, 6) is -0.276. The van der Waals surface area contributed by atoms with Gasteiger partial charge in [0.05, 0.1) is 11.3 Å². The quantitative estimate of drug-likeness (QED) is 0.422. The topological polar surface area (TPSA) is 76.4 Å². The van der Waals surface area contributed by atoms with Crippen molar-refractivity contribution in [2.45, 2.75) is 84.2 Å². The predicted octanol–water partition coefficient (Wildman–Crippen LogP) is 5.65. The van der Waals surface area contributed by atoms with Crippen LogP contribution < -0.4 is 10.1 Å². The molecule has 1 aliphatic carbocycles. The zero-order valence-corrected chi connectivity index (χ0v) is 20.6. The fourth-order valence-corrected chi connectivity index (χ4v) is 4.54. The first-order valence-electron chi connectivity index (χ1n) is 12.0. The molecule has 0 saturated heterocycles. The number of ether oxygens (including phenoxy) is 1. The lowest BCUT2D eigenvalue weighted by Crippen LogP contribution is -2.45. The molecular formula is C25H32F5N3O3. The number of halogens is 5. The van der Waals surface area contributed by atoms with Gasteiger partial charge in [-0.2, -0.15) is 27.1 Å². The summed E-state index contributed by atoms with van der Waals surface area (Å²) in [4.78, 5) is 13.0. The van der Waals surface area contributed by atoms with Gasteiger partial charge in [-0.1, -0.05) is 13.0 Å². The van der Waals surface area contributed by atoms with E-state index in [0.29, 0.717) is 36.6 Å². The van der Waals surface area contributed by atoms with Crippen molar-refractivity contribution in [3.63, 3.8) is 0 Å². The van der Waals surface area contributed by atoms with Crippen molar-refractivity contribution in [3.05, 3.63) is 35.0 Å². The molecule has 2 N–H and O–H groups in total. The van der Waals surface area contributed by atoms with Crippen molar-refractivity contribution in [1.29, 1.82) is 0 Å². The van der Waals surface area contributed by atoms with Crippen molar-refractivity contribution < 1.29 is 36.6 Å². The number of aromatic nitrogens is 2. The fraction of sp³-hybridized carbons (Fsp3) is 0.600. The SMILES string of the molecule is CCn1nc(C(=O)NCC2(O)CCC(C)CC2)c(C)c1-c1ccc(CCC(F)(F)F)cc1OC(F)F. The van der Waals surface area contributed by atoms with Crippen LogP contribution in [0, 0.1) is 12.8 Å². The second-order valence-corrected chi connectivity index (χ2v) is 9.55. The van der Waals surface area contributed by atoms with Gasteiger partial charge >= 0.3 is 12.8 Å². The molecule has 1 saturated carbocycles. The Kier molecular flexibility index (Phi) is 8.63. The van der Waals surface area contributed by atoms with Gasteiger partial charge in [-0.25, -0.2) is 0 Å². The van der Waals surface area contributed by atoms with E-state index in [0.717, 1.165) is 12.8 Å². The Morgan fingerprint density at radius 2 is 1.97 bits per heavy atom. The Morgan fingerprint density at radius 1 is 1.31 bits per heavy atom. The third kappa shape index (κ3) is 6.96. The van der Waals surface area contributed by atoms with Crippen LogP contribution in [0.3, 0.4) is 0 Å². The molecule has 1 aromatic carbocycles. The number of rotatable bonds is 9. The smallest absolute Gasteiger partial charge is 0.389 e. The third-order valence-electron chi connectivity index (χ3n) is 6.70. The number of aryl methyl sites for hydroxylation is 2. The summed E-state index contributed by atoms with van der Waals surface area (Å²) in [7, 11) is 0. The number of hydrogen-bond acceptors (Lipinski definition) is 4. The van der Waals surface area contributed by atoms with Crippen LogP contribution in [0.25, 0.3) is 11.3 Å². The highest BCUT2D eigenvalue weighted by Crippen LogP contribution is 2.37. The largest absolute Gasteiger partial charge is 0.434 e. The zero-order chi connectivity index (χ0) is 26.7. The Balaban J connectivity index is 1.89. The number of benzene rings is 1. The Bertz CT molecular complexity index is 1060. The van der Waals surface area contributed by atoms with E-state index in [-0.39, 0.29) is 35.5 Å². The Hall–Kier alpha value is -2.69. The lowest BCUT2D eigenvalue weighted by molar-refractivity contribution is -0.134. The maximum absolute atomic E-state index is 13.2. The van der Waals surface area contributed by atoms with E-state index in [2.05, 4.69) is 22.1 Å². The van der Waals surface area contributed by atoms with Gasteiger partial charge in [-0.05, 0) is 69.6 Å². The van der Waals surface area contributed by atoms with E-state index in [1.807, 2.05) is 0 Å². The normalized spacial score (nSPS) is 20.6. The summed E-state index contributed by atoms with van der Waals surface area (Å²) in [5.41, 5.74) is 0.226. The molecule has 0 unspecified atom stereocenters. The molecular weight excluding hydrogens is 485 g/mol. The standard InChI is InChI=1S/C25H32F5N3O3/c1-4-33-21(18-6-5-17(9-12-25(28,29)30)13-19(18)36-23(26)27)16(3)20(32-33)22(34)31-14-24(35)10-7-15(2)8-11-24/h5-6,13,15,23,35H,4,7-12,14H2,1-3H3,(H,31,34). The average Bonchev–Trinajstić information content (AvgIpc) is 3.14. The minimum atomic E-state index is -4.38. The molecule has 36 heavy (non-hydrogen) atoms. The minimum absolute atomic E-state index is 0.0694. The number of alkyl halides is 5. The van der Waals surface area contributed by atoms with Crippen molar-refractivity contribution in [3.8, 4) is 17.0 Å². The van der Waals surface area contributed by atoms with Gasteiger partial charge in [-0.15, -0.1) is 0 Å². The van der Waals surface area contributed by atoms with E-state index in [1.54, 1.807) is 13.8 Å². The number of nitrogens with one attached hydrogen (secondary N) is 1. The highest BCUT2D eigenvalue weighted by atomic mass is 19.4. The van der Waals surface area contributed by atoms with Gasteiger partial charge in [-0.3, -0.25) is 9.48 Å². The van der Waals surface area contributed by atoms with E-state index in [9.17, 15) is 31.9 Å². The van der Waals surface area contributed by atoms with Gasteiger partial charge in [0.25, 0.3) is 5.91 Å². The highest BCUT2D eigenvalue weighted by Gasteiger charge is 2.33. The van der Waals surface area contributed by atoms with E-state index < -0.39 is 30.7 Å². The number of carbonyl (C=O) groups is 1. The first-order valence-corrected chi connectivity index (χ1v) is 12.0. The van der Waals surface area contributed by atoms with Gasteiger partial charge in [0.2, 0.25) is 0 Å². The lowest BCUT2D eigenvalue weighted by Gasteiger charge is -2.34. The summed E-state index contributed by atoms with van der Waals surface area (Å²) < 4.78 is 70.3. The van der Waals surface area contributed by atoms with Gasteiger partial charge in [0, 0.05) is 30.6 Å². The van der Waals surface area contributed by atoms with Gasteiger partial charge < -0.3 is 15.2 Å². The summed E-state index contributed by atoms with van der Waals surface area (Å²) in [6.45, 7) is 2.67. The number of amides is 1. The maximum Gasteiger partial charge on any atom is 0.389 e. The van der Waals surface area contributed by atoms with Crippen molar-refractivity contribution >= 4 is 5.91 Å². The van der Waals surface area contributed by atoms with E-state index in [1.165, 1.54) is 22.9 Å². The summed E-state index contributed by atoms with van der Waals surface area (Å²) in [6, 6.07) is 4.00. The maximum atomic E-state index is 13.2. The molecule has 1 fully saturated rings. The molecule has 1 heterocycles. The van der Waals surface area contributed by atoms with Gasteiger partial charge in [0.1, 0.15) is 5.75 Å². The van der Waals surface area contributed by atoms with Crippen molar-refractivity contribution in [2.24, 2.45) is 5.92 Å². The minimum Gasteiger partial charge on any atom is -0.434 e. The van der Waals surface area contributed by atoms with Gasteiger partial charge in [0.15, 0.2) is 5.69 Å². The summed E-state index contributed by atoms with van der Waals surface area (Å²) in [5, 5.41) is 17.9. The first-order chi connectivity index (χ1) is 16.8. The number of aliphatic hydroxyl groups is 1. The van der Waals surface area contributed by atoms with Crippen LogP contribution in [0.2, 0.25) is 0 Å². The highest BCUT2D eigenvalue weighted by molar-refractivity contribution is 5.95. The van der Waals surface area contributed by atoms with Crippen LogP contribution in [0.15, 0.2) is 18.2 Å². The summed E-state index contributed by atoms with van der Waals surface area (Å²) in [6.07, 6.45) is -2.97. The van der Waals surface area contributed by atoms with Crippen molar-refractivity contribution in [1.82, 2.24) is 15.1 Å². The molecule has 0 aliphatic heterocycles. The fourth-order valence-electron chi connectivity index (χ4n) is 4.54. The molecule has 0 atom stereocenters. The van der Waals surface area contributed by atoms with Crippen LogP contribution >= 0.6 is 0 Å². The second-order valence-electron chi connectivity index (χ2n) is 9.55. The van der Waals surface area contributed by atoms with Crippen LogP contribution in [0.4, 0.5) is 22.0 Å². The molecule has 6 nitrogen and oxygen atoms in total. The first kappa shape index (κ1) is 27.9. The molecule has 11 heteroatoms. The van der Waals surface area contributed by atoms with Crippen LogP contribution in [0.5, 0.6) is 5.75 Å². The molecule has 0 bridgehead atoms.